The number of hydrogen-bond acceptors (Lipinski definition) is 16. The second kappa shape index (κ2) is 18.7. The lowest BCUT2D eigenvalue weighted by Crippen LogP contribution is -2.62. The van der Waals surface area contributed by atoms with Crippen LogP contribution in [-0.4, -0.2) is 105 Å². The zero-order valence-corrected chi connectivity index (χ0v) is 35.1. The lowest BCUT2D eigenvalue weighted by molar-refractivity contribution is -0.894. The van der Waals surface area contributed by atoms with E-state index in [-0.39, 0.29) is 86.4 Å². The lowest BCUT2D eigenvalue weighted by Gasteiger charge is -2.47. The van der Waals surface area contributed by atoms with E-state index in [4.69, 9.17) is 14.2 Å². The van der Waals surface area contributed by atoms with Crippen molar-refractivity contribution >= 4 is 64.9 Å². The third-order valence-corrected chi connectivity index (χ3v) is 11.5. The van der Waals surface area contributed by atoms with Crippen molar-refractivity contribution in [3.05, 3.63) is 131 Å². The van der Waals surface area contributed by atoms with Crippen molar-refractivity contribution in [3.63, 3.8) is 0 Å². The molecule has 0 aliphatic carbocycles. The summed E-state index contributed by atoms with van der Waals surface area (Å²) in [5, 5.41) is 35.4. The molecule has 3 heterocycles. The third-order valence-electron chi connectivity index (χ3n) is 11.5. The molecule has 0 saturated carbocycles. The number of β-lactam (4-membered cyclic amide) rings is 1. The van der Waals surface area contributed by atoms with Gasteiger partial charge < -0.3 is 23.6 Å². The zero-order chi connectivity index (χ0) is 47.5. The monoisotopic (exact) mass is 898 g/mol. The van der Waals surface area contributed by atoms with Crippen LogP contribution in [0.3, 0.4) is 0 Å². The van der Waals surface area contributed by atoms with Gasteiger partial charge in [-0.25, -0.2) is 28.8 Å². The minimum absolute atomic E-state index is 0.0766. The van der Waals surface area contributed by atoms with Crippen molar-refractivity contribution in [2.45, 2.75) is 39.7 Å². The molecule has 1 N–H and O–H groups in total. The van der Waals surface area contributed by atoms with Crippen LogP contribution in [0, 0.1) is 54.0 Å². The van der Waals surface area contributed by atoms with Gasteiger partial charge in [0.25, 0.3) is 17.1 Å². The quantitative estimate of drug-likeness (QED) is 0.0278. The Kier molecular flexibility index (Phi) is 13.4. The number of likely N-dealkylation sites (tertiary alicyclic amines) is 1. The number of esters is 4. The number of rotatable bonds is 12. The molecule has 0 bridgehead atoms. The number of nitro benzene ring substituents is 3. The van der Waals surface area contributed by atoms with Crippen LogP contribution in [0.1, 0.15) is 64.7 Å². The molecule has 2 fully saturated rings. The first kappa shape index (κ1) is 46.4. The van der Waals surface area contributed by atoms with Crippen molar-refractivity contribution in [1.82, 2.24) is 10.2 Å². The highest BCUT2D eigenvalue weighted by Crippen LogP contribution is 2.49. The van der Waals surface area contributed by atoms with Crippen LogP contribution in [0.25, 0.3) is 0 Å². The Hall–Kier alpha value is -8.08. The standard InChI is InChI=1S/C42H39N7O16/c1-22(2)33-34-23(3)31(35(45(34)36(33)50)40(54)63-37(51)25-5-11-28(12-6-25)46(57)58)21-49(4)18-17-24(20-49)19-32(43-41(55)64-38(52)26-7-13-29(14-8-26)47(59)60)44-42(56)65-39(53)27-9-15-30(16-10-27)48(61)62/h5-16,22-24,33-34H,17-21H2,1-4H3/p+1/t23-,24+,33+,34+,49?/m0/s1. The second-order valence-corrected chi connectivity index (χ2v) is 16.3. The molecule has 3 aliphatic rings. The Morgan fingerprint density at radius 3 is 1.68 bits per heavy atom. The predicted octanol–water partition coefficient (Wildman–Crippen LogP) is 5.28. The van der Waals surface area contributed by atoms with Gasteiger partial charge in [-0.2, -0.15) is 4.99 Å². The van der Waals surface area contributed by atoms with Gasteiger partial charge in [0.2, 0.25) is 5.91 Å². The number of carbonyl (C=O) groups is 7. The van der Waals surface area contributed by atoms with E-state index >= 15 is 0 Å². The fraction of sp³-hybridized carbons (Fsp3) is 0.333. The molecular weight excluding hydrogens is 858 g/mol. The normalized spacial score (nSPS) is 21.2. The zero-order valence-electron chi connectivity index (χ0n) is 35.1. The summed E-state index contributed by atoms with van der Waals surface area (Å²) in [4.78, 5) is 128. The van der Waals surface area contributed by atoms with E-state index < -0.39 is 62.8 Å². The number of alkyl carbamates (subject to hydrolysis) is 1. The van der Waals surface area contributed by atoms with E-state index in [1.165, 1.54) is 4.90 Å². The summed E-state index contributed by atoms with van der Waals surface area (Å²) >= 11 is 0. The molecule has 338 valence electrons. The highest BCUT2D eigenvalue weighted by atomic mass is 16.6. The van der Waals surface area contributed by atoms with Crippen LogP contribution in [-0.2, 0) is 23.8 Å². The molecule has 3 amide bonds. The number of likely N-dealkylation sites (N-methyl/N-ethyl adjacent to an activating group) is 1. The lowest BCUT2D eigenvalue weighted by atomic mass is 9.74. The maximum Gasteiger partial charge on any atom is 0.443 e. The molecule has 23 nitrogen and oxygen atoms in total. The summed E-state index contributed by atoms with van der Waals surface area (Å²) in [6, 6.07) is 12.4. The van der Waals surface area contributed by atoms with E-state index in [9.17, 15) is 63.9 Å². The fourth-order valence-corrected chi connectivity index (χ4v) is 8.36. The number of non-ortho nitro benzene ring substituents is 3. The number of hydrogen-bond donors (Lipinski definition) is 1. The van der Waals surface area contributed by atoms with Crippen LogP contribution in [0.15, 0.2) is 89.1 Å². The van der Waals surface area contributed by atoms with E-state index in [1.54, 1.807) is 0 Å². The van der Waals surface area contributed by atoms with Gasteiger partial charge in [-0.15, -0.1) is 0 Å². The minimum Gasteiger partial charge on any atom is -0.385 e. The number of aliphatic imine (C=N–C) groups is 1. The Balaban J connectivity index is 1.21. The average molecular weight is 899 g/mol. The van der Waals surface area contributed by atoms with Gasteiger partial charge in [0.15, 0.2) is 0 Å². The number of amidine groups is 1. The number of nitro groups is 3. The van der Waals surface area contributed by atoms with E-state index in [0.717, 1.165) is 72.8 Å². The molecule has 1 unspecified atom stereocenters. The summed E-state index contributed by atoms with van der Waals surface area (Å²) in [5.41, 5.74) is -1.05. The van der Waals surface area contributed by atoms with Crippen LogP contribution >= 0.6 is 0 Å². The molecule has 3 aromatic carbocycles. The van der Waals surface area contributed by atoms with Gasteiger partial charge >= 0.3 is 36.1 Å². The second-order valence-electron chi connectivity index (χ2n) is 16.3. The number of benzene rings is 3. The third kappa shape index (κ3) is 10.3. The van der Waals surface area contributed by atoms with Gasteiger partial charge in [-0.1, -0.05) is 20.8 Å². The van der Waals surface area contributed by atoms with Crippen molar-refractivity contribution in [2.75, 3.05) is 26.7 Å². The summed E-state index contributed by atoms with van der Waals surface area (Å²) in [7, 11) is 1.88. The SMILES string of the molecule is CC(C)[C@H]1C(=O)N2C(C(=O)OC(=O)c3ccc([N+](=O)[O-])cc3)=C(C[N+]3(C)CC[C@H](CC(=NC(=O)OC(=O)c4ccc([N+](=O)[O-])cc4)NC(=O)OC(=O)c4ccc([N+](=O)[O-])cc4)C3)[C@H](C)[C@H]12. The number of amides is 3. The van der Waals surface area contributed by atoms with Crippen LogP contribution in [0.2, 0.25) is 0 Å². The predicted molar refractivity (Wildman–Crippen MR) is 221 cm³/mol. The van der Waals surface area contributed by atoms with Crippen molar-refractivity contribution in [2.24, 2.45) is 28.7 Å². The molecule has 3 aromatic rings. The largest absolute Gasteiger partial charge is 0.443 e. The molecule has 3 aliphatic heterocycles. The number of fused-ring (bicyclic) bond motifs is 1. The van der Waals surface area contributed by atoms with Crippen LogP contribution in [0.5, 0.6) is 0 Å². The number of quaternary nitrogens is 1. The highest BCUT2D eigenvalue weighted by Gasteiger charge is 2.60. The Morgan fingerprint density at radius 2 is 1.22 bits per heavy atom. The maximum absolute atomic E-state index is 13.9. The molecule has 65 heavy (non-hydrogen) atoms. The summed E-state index contributed by atoms with van der Waals surface area (Å²) in [5.74, 6) is -6.50. The highest BCUT2D eigenvalue weighted by molar-refractivity contribution is 6.07. The number of nitrogens with one attached hydrogen (secondary N) is 1. The molecule has 0 aromatic heterocycles. The molecule has 5 atom stereocenters. The Labute approximate surface area is 367 Å². The molecule has 0 spiro atoms. The first-order valence-electron chi connectivity index (χ1n) is 19.9. The van der Waals surface area contributed by atoms with Crippen molar-refractivity contribution in [3.8, 4) is 0 Å². The number of nitrogens with zero attached hydrogens (tertiary/aromatic N) is 6. The van der Waals surface area contributed by atoms with E-state index in [1.807, 2.05) is 27.8 Å². The van der Waals surface area contributed by atoms with Crippen LogP contribution in [0.4, 0.5) is 26.7 Å². The van der Waals surface area contributed by atoms with Gasteiger partial charge in [-0.05, 0) is 42.3 Å². The average Bonchev–Trinajstić information content (AvgIpc) is 3.73. The summed E-state index contributed by atoms with van der Waals surface area (Å²) < 4.78 is 15.2. The first-order chi connectivity index (χ1) is 30.7. The van der Waals surface area contributed by atoms with Crippen molar-refractivity contribution in [1.29, 1.82) is 0 Å². The van der Waals surface area contributed by atoms with Gasteiger partial charge in [-0.3, -0.25) is 40.5 Å². The summed E-state index contributed by atoms with van der Waals surface area (Å²) in [6.45, 7) is 6.60. The first-order valence-corrected chi connectivity index (χ1v) is 19.9. The topological polar surface area (TPSA) is 304 Å². The summed E-state index contributed by atoms with van der Waals surface area (Å²) in [6.07, 6.45) is -2.62. The van der Waals surface area contributed by atoms with E-state index in [0.29, 0.717) is 25.1 Å². The van der Waals surface area contributed by atoms with Gasteiger partial charge in [0, 0.05) is 66.6 Å². The molecule has 23 heteroatoms. The maximum atomic E-state index is 13.9. The van der Waals surface area contributed by atoms with Gasteiger partial charge in [0.05, 0.1) is 63.6 Å². The molecular formula is C42H40N7O16+. The van der Waals surface area contributed by atoms with Crippen molar-refractivity contribution < 1.29 is 67.0 Å². The smallest absolute Gasteiger partial charge is 0.385 e. The Morgan fingerprint density at radius 1 is 0.754 bits per heavy atom. The number of carbonyl (C=O) groups excluding carboxylic acids is 7. The molecule has 6 rings (SSSR count). The Bertz CT molecular complexity index is 2570. The van der Waals surface area contributed by atoms with Gasteiger partial charge in [0.1, 0.15) is 18.1 Å². The van der Waals surface area contributed by atoms with Crippen LogP contribution < -0.4 is 5.32 Å². The number of ether oxygens (including phenoxy) is 3. The fourth-order valence-electron chi connectivity index (χ4n) is 8.36. The van der Waals surface area contributed by atoms with E-state index in [2.05, 4.69) is 10.3 Å². The molecule has 2 saturated heterocycles. The molecule has 0 radical (unpaired) electrons. The minimum atomic E-state index is -1.49.